The summed E-state index contributed by atoms with van der Waals surface area (Å²) in [6, 6.07) is 0. The SMILES string of the molecule is CCS(=O)(=O)Cc1cnc(Cl)s1. The molecule has 0 aromatic carbocycles. The lowest BCUT2D eigenvalue weighted by atomic mass is 10.6. The van der Waals surface area contributed by atoms with E-state index in [1.54, 1.807) is 6.92 Å². The van der Waals surface area contributed by atoms with Crippen LogP contribution in [0.3, 0.4) is 0 Å². The fraction of sp³-hybridized carbons (Fsp3) is 0.500. The number of sulfone groups is 1. The summed E-state index contributed by atoms with van der Waals surface area (Å²) >= 11 is 6.75. The van der Waals surface area contributed by atoms with Crippen LogP contribution in [0.15, 0.2) is 6.20 Å². The lowest BCUT2D eigenvalue weighted by Crippen LogP contribution is -2.04. The van der Waals surface area contributed by atoms with Crippen LogP contribution in [0.4, 0.5) is 0 Å². The van der Waals surface area contributed by atoms with Crippen molar-refractivity contribution < 1.29 is 8.42 Å². The highest BCUT2D eigenvalue weighted by atomic mass is 35.5. The maximum Gasteiger partial charge on any atom is 0.183 e. The van der Waals surface area contributed by atoms with Crippen molar-refractivity contribution in [3.05, 3.63) is 15.5 Å². The molecule has 0 aliphatic heterocycles. The molecule has 68 valence electrons. The van der Waals surface area contributed by atoms with Crippen LogP contribution in [0.1, 0.15) is 11.8 Å². The van der Waals surface area contributed by atoms with Gasteiger partial charge in [0.2, 0.25) is 0 Å². The Bertz CT molecular complexity index is 357. The van der Waals surface area contributed by atoms with E-state index in [-0.39, 0.29) is 11.5 Å². The van der Waals surface area contributed by atoms with Gasteiger partial charge in [-0.05, 0) is 0 Å². The average molecular weight is 226 g/mol. The van der Waals surface area contributed by atoms with E-state index in [4.69, 9.17) is 11.6 Å². The van der Waals surface area contributed by atoms with E-state index < -0.39 is 9.84 Å². The lowest BCUT2D eigenvalue weighted by Gasteiger charge is -1.95. The van der Waals surface area contributed by atoms with Crippen LogP contribution in [-0.4, -0.2) is 19.2 Å². The van der Waals surface area contributed by atoms with Gasteiger partial charge in [0.15, 0.2) is 14.3 Å². The van der Waals surface area contributed by atoms with Crippen LogP contribution >= 0.6 is 22.9 Å². The number of nitrogens with zero attached hydrogens (tertiary/aromatic N) is 1. The molecule has 1 rings (SSSR count). The summed E-state index contributed by atoms with van der Waals surface area (Å²) in [4.78, 5) is 4.45. The first-order valence-corrected chi connectivity index (χ1v) is 6.35. The van der Waals surface area contributed by atoms with Crippen LogP contribution in [0.5, 0.6) is 0 Å². The highest BCUT2D eigenvalue weighted by molar-refractivity contribution is 7.90. The molecule has 12 heavy (non-hydrogen) atoms. The Kier molecular flexibility index (Phi) is 3.09. The molecule has 0 amide bonds. The fourth-order valence-electron chi connectivity index (χ4n) is 0.669. The summed E-state index contributed by atoms with van der Waals surface area (Å²) in [6.45, 7) is 1.62. The van der Waals surface area contributed by atoms with Gasteiger partial charge in [-0.15, -0.1) is 11.3 Å². The third kappa shape index (κ3) is 2.73. The summed E-state index contributed by atoms with van der Waals surface area (Å²) in [7, 11) is -2.95. The summed E-state index contributed by atoms with van der Waals surface area (Å²) in [5, 5.41) is 0. The molecular formula is C6H8ClNO2S2. The van der Waals surface area contributed by atoms with Gasteiger partial charge in [-0.1, -0.05) is 18.5 Å². The predicted octanol–water partition coefficient (Wildman–Crippen LogP) is 1.73. The van der Waals surface area contributed by atoms with Gasteiger partial charge in [0, 0.05) is 16.8 Å². The molecule has 0 saturated carbocycles. The van der Waals surface area contributed by atoms with Crippen LogP contribution in [0.2, 0.25) is 4.47 Å². The number of hydrogen-bond acceptors (Lipinski definition) is 4. The number of rotatable bonds is 3. The summed E-state index contributed by atoms with van der Waals surface area (Å²) in [6.07, 6.45) is 1.50. The standard InChI is InChI=1S/C6H8ClNO2S2/c1-2-12(9,10)4-5-3-8-6(7)11-5/h3H,2,4H2,1H3. The van der Waals surface area contributed by atoms with Crippen LogP contribution in [0, 0.1) is 0 Å². The zero-order valence-electron chi connectivity index (χ0n) is 6.45. The average Bonchev–Trinajstić information content (AvgIpc) is 2.35. The van der Waals surface area contributed by atoms with Crippen LogP contribution in [0.25, 0.3) is 0 Å². The van der Waals surface area contributed by atoms with Crippen molar-refractivity contribution in [1.82, 2.24) is 4.98 Å². The van der Waals surface area contributed by atoms with Crippen LogP contribution in [-0.2, 0) is 15.6 Å². The van der Waals surface area contributed by atoms with Gasteiger partial charge in [0.1, 0.15) is 0 Å². The molecule has 0 saturated heterocycles. The van der Waals surface area contributed by atoms with Gasteiger partial charge in [-0.25, -0.2) is 13.4 Å². The maximum absolute atomic E-state index is 11.1. The van der Waals surface area contributed by atoms with Gasteiger partial charge in [-0.2, -0.15) is 0 Å². The Hall–Kier alpha value is -0.130. The van der Waals surface area contributed by atoms with Gasteiger partial charge < -0.3 is 0 Å². The van der Waals surface area contributed by atoms with Crippen molar-refractivity contribution in [2.75, 3.05) is 5.75 Å². The molecule has 0 fully saturated rings. The molecule has 1 aromatic heterocycles. The van der Waals surface area contributed by atoms with E-state index in [0.717, 1.165) is 0 Å². The molecule has 1 heterocycles. The molecule has 0 atom stereocenters. The summed E-state index contributed by atoms with van der Waals surface area (Å²) < 4.78 is 22.6. The predicted molar refractivity (Wildman–Crippen MR) is 50.3 cm³/mol. The number of halogens is 1. The molecule has 0 unspecified atom stereocenters. The minimum absolute atomic E-state index is 0.0495. The first kappa shape index (κ1) is 9.95. The Labute approximate surface area is 80.3 Å². The highest BCUT2D eigenvalue weighted by Gasteiger charge is 2.10. The molecule has 1 aromatic rings. The van der Waals surface area contributed by atoms with Gasteiger partial charge in [0.25, 0.3) is 0 Å². The van der Waals surface area contributed by atoms with Crippen molar-refractivity contribution in [3.63, 3.8) is 0 Å². The molecular weight excluding hydrogens is 218 g/mol. The quantitative estimate of drug-likeness (QED) is 0.787. The van der Waals surface area contributed by atoms with Crippen molar-refractivity contribution in [1.29, 1.82) is 0 Å². The van der Waals surface area contributed by atoms with E-state index in [2.05, 4.69) is 4.98 Å². The second kappa shape index (κ2) is 3.72. The molecule has 0 N–H and O–H groups in total. The second-order valence-corrected chi connectivity index (χ2v) is 6.31. The Morgan fingerprint density at radius 3 is 2.75 bits per heavy atom. The van der Waals surface area contributed by atoms with Crippen molar-refractivity contribution >= 4 is 32.8 Å². The molecule has 0 radical (unpaired) electrons. The van der Waals surface area contributed by atoms with E-state index >= 15 is 0 Å². The van der Waals surface area contributed by atoms with E-state index in [0.29, 0.717) is 9.34 Å². The van der Waals surface area contributed by atoms with E-state index in [9.17, 15) is 8.42 Å². The number of hydrogen-bond donors (Lipinski definition) is 0. The monoisotopic (exact) mass is 225 g/mol. The zero-order valence-corrected chi connectivity index (χ0v) is 8.84. The molecule has 0 bridgehead atoms. The van der Waals surface area contributed by atoms with Crippen LogP contribution < -0.4 is 0 Å². The molecule has 0 spiro atoms. The Morgan fingerprint density at radius 2 is 2.33 bits per heavy atom. The molecule has 3 nitrogen and oxygen atoms in total. The molecule has 6 heteroatoms. The fourth-order valence-corrected chi connectivity index (χ4v) is 2.93. The van der Waals surface area contributed by atoms with Crippen molar-refractivity contribution in [2.45, 2.75) is 12.7 Å². The summed E-state index contributed by atoms with van der Waals surface area (Å²) in [5.41, 5.74) is 0. The second-order valence-electron chi connectivity index (χ2n) is 2.26. The largest absolute Gasteiger partial charge is 0.233 e. The lowest BCUT2D eigenvalue weighted by molar-refractivity contribution is 0.597. The number of thiazole rings is 1. The first-order valence-electron chi connectivity index (χ1n) is 3.34. The topological polar surface area (TPSA) is 47.0 Å². The maximum atomic E-state index is 11.1. The zero-order chi connectivity index (χ0) is 9.19. The molecule has 0 aliphatic rings. The van der Waals surface area contributed by atoms with Gasteiger partial charge >= 0.3 is 0 Å². The third-order valence-corrected chi connectivity index (χ3v) is 4.26. The Balaban J connectivity index is 2.77. The molecule has 0 aliphatic carbocycles. The minimum Gasteiger partial charge on any atom is -0.233 e. The third-order valence-electron chi connectivity index (χ3n) is 1.33. The Morgan fingerprint density at radius 1 is 1.67 bits per heavy atom. The van der Waals surface area contributed by atoms with Crippen molar-refractivity contribution in [2.24, 2.45) is 0 Å². The summed E-state index contributed by atoms with van der Waals surface area (Å²) in [5.74, 6) is 0.205. The van der Waals surface area contributed by atoms with E-state index in [1.165, 1.54) is 17.5 Å². The minimum atomic E-state index is -2.95. The first-order chi connectivity index (χ1) is 5.53. The highest BCUT2D eigenvalue weighted by Crippen LogP contribution is 2.19. The smallest absolute Gasteiger partial charge is 0.183 e. The van der Waals surface area contributed by atoms with Gasteiger partial charge in [-0.3, -0.25) is 0 Å². The van der Waals surface area contributed by atoms with E-state index in [1.807, 2.05) is 0 Å². The van der Waals surface area contributed by atoms with Gasteiger partial charge in [0.05, 0.1) is 5.75 Å². The van der Waals surface area contributed by atoms with Crippen molar-refractivity contribution in [3.8, 4) is 0 Å². The normalized spacial score (nSPS) is 11.8. The number of aromatic nitrogens is 1.